The van der Waals surface area contributed by atoms with Crippen molar-refractivity contribution in [1.82, 2.24) is 0 Å². The summed E-state index contributed by atoms with van der Waals surface area (Å²) in [5.74, 6) is -0.686. The van der Waals surface area contributed by atoms with Gasteiger partial charge in [-0.25, -0.2) is 0 Å². The van der Waals surface area contributed by atoms with Crippen LogP contribution in [0.3, 0.4) is 0 Å². The molecule has 2 aromatic rings. The monoisotopic (exact) mass is 381 g/mol. The highest BCUT2D eigenvalue weighted by Crippen LogP contribution is 2.30. The van der Waals surface area contributed by atoms with E-state index in [2.05, 4.69) is 10.1 Å². The summed E-state index contributed by atoms with van der Waals surface area (Å²) in [4.78, 5) is 21.7. The first-order chi connectivity index (χ1) is 12.8. The van der Waals surface area contributed by atoms with E-state index in [-0.39, 0.29) is 28.4 Å². The van der Waals surface area contributed by atoms with Gasteiger partial charge in [0.1, 0.15) is 5.69 Å². The van der Waals surface area contributed by atoms with Gasteiger partial charge in [0.2, 0.25) is 5.91 Å². The van der Waals surface area contributed by atoms with Gasteiger partial charge in [-0.2, -0.15) is 8.78 Å². The third-order valence-corrected chi connectivity index (χ3v) is 3.65. The van der Waals surface area contributed by atoms with E-state index in [0.29, 0.717) is 13.0 Å². The summed E-state index contributed by atoms with van der Waals surface area (Å²) in [7, 11) is 1.33. The lowest BCUT2D eigenvalue weighted by molar-refractivity contribution is -0.384. The quantitative estimate of drug-likeness (QED) is 0.509. The molecule has 0 aliphatic rings. The van der Waals surface area contributed by atoms with Gasteiger partial charge in [-0.15, -0.1) is 0 Å². The molecule has 0 radical (unpaired) electrons. The van der Waals surface area contributed by atoms with Gasteiger partial charge in [-0.3, -0.25) is 14.9 Å². The Bertz CT molecular complexity index is 845. The fourth-order valence-electron chi connectivity index (χ4n) is 2.39. The number of anilines is 1. The highest BCUT2D eigenvalue weighted by Gasteiger charge is 2.16. The number of benzene rings is 2. The van der Waals surface area contributed by atoms with Crippen molar-refractivity contribution in [3.05, 3.63) is 57.6 Å². The number of halogens is 2. The maximum Gasteiger partial charge on any atom is 0.387 e. The number of hydrogen-bond donors (Lipinski definition) is 2. The number of nitrogens with one attached hydrogen (secondary N) is 1. The van der Waals surface area contributed by atoms with Crippen molar-refractivity contribution in [3.8, 4) is 11.5 Å². The fraction of sp³-hybridized carbons (Fsp3) is 0.235. The third-order valence-electron chi connectivity index (χ3n) is 3.65. The Kier molecular flexibility index (Phi) is 6.47. The molecule has 0 atom stereocenters. The molecule has 0 saturated carbocycles. The molecule has 0 saturated heterocycles. The number of nitro groups is 1. The van der Waals surface area contributed by atoms with Crippen molar-refractivity contribution in [2.75, 3.05) is 19.0 Å². The number of hydrogen-bond acceptors (Lipinski definition) is 6. The zero-order valence-electron chi connectivity index (χ0n) is 14.3. The van der Waals surface area contributed by atoms with Crippen LogP contribution in [0.15, 0.2) is 36.4 Å². The molecular weight excluding hydrogens is 364 g/mol. The Labute approximate surface area is 153 Å². The minimum Gasteiger partial charge on any atom is -0.493 e. The van der Waals surface area contributed by atoms with Crippen LogP contribution in [-0.2, 0) is 6.42 Å². The van der Waals surface area contributed by atoms with Crippen LogP contribution in [0, 0.1) is 10.1 Å². The number of primary amides is 1. The molecular formula is C17H17F2N3O5. The topological polar surface area (TPSA) is 117 Å². The first-order valence-corrected chi connectivity index (χ1v) is 7.75. The largest absolute Gasteiger partial charge is 0.493 e. The van der Waals surface area contributed by atoms with E-state index >= 15 is 0 Å². The molecule has 0 fully saturated rings. The summed E-state index contributed by atoms with van der Waals surface area (Å²) in [6, 6.07) is 8.39. The number of nitro benzene ring substituents is 1. The summed E-state index contributed by atoms with van der Waals surface area (Å²) < 4.78 is 34.1. The van der Waals surface area contributed by atoms with Crippen LogP contribution < -0.4 is 20.5 Å². The smallest absolute Gasteiger partial charge is 0.387 e. The number of methoxy groups -OCH3 is 1. The number of carbonyl (C=O) groups is 1. The zero-order valence-corrected chi connectivity index (χ0v) is 14.3. The molecule has 0 aliphatic heterocycles. The van der Waals surface area contributed by atoms with Gasteiger partial charge in [-0.1, -0.05) is 6.07 Å². The minimum absolute atomic E-state index is 0.0339. The first-order valence-electron chi connectivity index (χ1n) is 7.75. The molecule has 10 heteroatoms. The molecule has 0 bridgehead atoms. The molecule has 0 aromatic heterocycles. The maximum absolute atomic E-state index is 12.3. The SMILES string of the molecule is COc1cc(CCNc2ccc(C(N)=O)cc2[N+](=O)[O-])ccc1OC(F)F. The number of nitrogens with two attached hydrogens (primary N) is 1. The van der Waals surface area contributed by atoms with Gasteiger partial charge in [0.15, 0.2) is 11.5 Å². The van der Waals surface area contributed by atoms with E-state index in [1.807, 2.05) is 0 Å². The fourth-order valence-corrected chi connectivity index (χ4v) is 2.39. The highest BCUT2D eigenvalue weighted by molar-refractivity contribution is 5.94. The summed E-state index contributed by atoms with van der Waals surface area (Å²) >= 11 is 0. The molecule has 8 nitrogen and oxygen atoms in total. The molecule has 0 unspecified atom stereocenters. The summed E-state index contributed by atoms with van der Waals surface area (Å²) in [5, 5.41) is 14.1. The van der Waals surface area contributed by atoms with Crippen molar-refractivity contribution in [2.45, 2.75) is 13.0 Å². The predicted molar refractivity (Wildman–Crippen MR) is 93.4 cm³/mol. The van der Waals surface area contributed by atoms with Crippen molar-refractivity contribution in [1.29, 1.82) is 0 Å². The summed E-state index contributed by atoms with van der Waals surface area (Å²) in [6.45, 7) is -2.65. The molecule has 2 rings (SSSR count). The van der Waals surface area contributed by atoms with Crippen LogP contribution in [0.4, 0.5) is 20.2 Å². The number of rotatable bonds is 9. The van der Waals surface area contributed by atoms with Crippen molar-refractivity contribution in [3.63, 3.8) is 0 Å². The average Bonchev–Trinajstić information content (AvgIpc) is 2.62. The normalized spacial score (nSPS) is 10.5. The van der Waals surface area contributed by atoms with Crippen LogP contribution in [-0.4, -0.2) is 31.1 Å². The van der Waals surface area contributed by atoms with Crippen molar-refractivity contribution >= 4 is 17.3 Å². The van der Waals surface area contributed by atoms with Crippen LogP contribution in [0.1, 0.15) is 15.9 Å². The molecule has 27 heavy (non-hydrogen) atoms. The van der Waals surface area contributed by atoms with Crippen LogP contribution >= 0.6 is 0 Å². The minimum atomic E-state index is -2.96. The zero-order chi connectivity index (χ0) is 20.0. The lowest BCUT2D eigenvalue weighted by Gasteiger charge is -2.12. The number of amides is 1. The van der Waals surface area contributed by atoms with E-state index in [1.54, 1.807) is 12.1 Å². The Morgan fingerprint density at radius 2 is 2.00 bits per heavy atom. The number of carbonyl (C=O) groups excluding carboxylic acids is 1. The Hall–Kier alpha value is -3.43. The van der Waals surface area contributed by atoms with Crippen molar-refractivity contribution in [2.24, 2.45) is 5.73 Å². The van der Waals surface area contributed by atoms with Crippen LogP contribution in [0.2, 0.25) is 0 Å². The van der Waals surface area contributed by atoms with Gasteiger partial charge >= 0.3 is 6.61 Å². The van der Waals surface area contributed by atoms with E-state index in [4.69, 9.17) is 10.5 Å². The Morgan fingerprint density at radius 3 is 2.59 bits per heavy atom. The lowest BCUT2D eigenvalue weighted by atomic mass is 10.1. The second-order valence-corrected chi connectivity index (χ2v) is 5.39. The van der Waals surface area contributed by atoms with Gasteiger partial charge in [-0.05, 0) is 36.2 Å². The van der Waals surface area contributed by atoms with Crippen molar-refractivity contribution < 1.29 is 28.0 Å². The highest BCUT2D eigenvalue weighted by atomic mass is 19.3. The van der Waals surface area contributed by atoms with Gasteiger partial charge in [0.25, 0.3) is 5.69 Å². The first kappa shape index (κ1) is 19.9. The molecule has 1 amide bonds. The van der Waals surface area contributed by atoms with Gasteiger partial charge < -0.3 is 20.5 Å². The summed E-state index contributed by atoms with van der Waals surface area (Å²) in [6.07, 6.45) is 0.431. The number of ether oxygens (including phenoxy) is 2. The Morgan fingerprint density at radius 1 is 1.26 bits per heavy atom. The number of nitrogens with zero attached hydrogens (tertiary/aromatic N) is 1. The standard InChI is InChI=1S/C17H17F2N3O5/c1-26-15-8-10(2-5-14(15)27-17(18)19)6-7-21-12-4-3-11(16(20)23)9-13(12)22(24)25/h2-5,8-9,17,21H,6-7H2,1H3,(H2,20,23). The van der Waals surface area contributed by atoms with E-state index in [9.17, 15) is 23.7 Å². The number of alkyl halides is 2. The van der Waals surface area contributed by atoms with E-state index < -0.39 is 17.4 Å². The van der Waals surface area contributed by atoms with Gasteiger partial charge in [0, 0.05) is 18.2 Å². The van der Waals surface area contributed by atoms with Gasteiger partial charge in [0.05, 0.1) is 12.0 Å². The molecule has 2 aromatic carbocycles. The average molecular weight is 381 g/mol. The Balaban J connectivity index is 2.08. The molecule has 0 spiro atoms. The summed E-state index contributed by atoms with van der Waals surface area (Å²) in [5.41, 5.74) is 5.87. The second kappa shape index (κ2) is 8.79. The third kappa shape index (κ3) is 5.27. The molecule has 0 heterocycles. The predicted octanol–water partition coefficient (Wildman–Crippen LogP) is 2.96. The van der Waals surface area contributed by atoms with Crippen LogP contribution in [0.25, 0.3) is 0 Å². The molecule has 144 valence electrons. The molecule has 3 N–H and O–H groups in total. The molecule has 0 aliphatic carbocycles. The second-order valence-electron chi connectivity index (χ2n) is 5.39. The van der Waals surface area contributed by atoms with Crippen LogP contribution in [0.5, 0.6) is 11.5 Å². The maximum atomic E-state index is 12.3. The lowest BCUT2D eigenvalue weighted by Crippen LogP contribution is -2.12. The van der Waals surface area contributed by atoms with E-state index in [0.717, 1.165) is 11.6 Å². The van der Waals surface area contributed by atoms with E-state index in [1.165, 1.54) is 25.3 Å².